The summed E-state index contributed by atoms with van der Waals surface area (Å²) < 4.78 is 37.0. The molecule has 0 aliphatic heterocycles. The first kappa shape index (κ1) is 13.1. The summed E-state index contributed by atoms with van der Waals surface area (Å²) >= 11 is 11.3. The highest BCUT2D eigenvalue weighted by Crippen LogP contribution is 2.35. The van der Waals surface area contributed by atoms with E-state index in [4.69, 9.17) is 23.2 Å². The van der Waals surface area contributed by atoms with Crippen molar-refractivity contribution in [3.05, 3.63) is 33.3 Å². The normalized spacial score (nSPS) is 11.3. The third-order valence-electron chi connectivity index (χ3n) is 1.83. The van der Waals surface area contributed by atoms with E-state index < -0.39 is 11.7 Å². The minimum absolute atomic E-state index is 0.0146. The number of hydrogen-bond acceptors (Lipinski definition) is 1. The van der Waals surface area contributed by atoms with Gasteiger partial charge in [-0.25, -0.2) is 0 Å². The fourth-order valence-electron chi connectivity index (χ4n) is 1.08. The van der Waals surface area contributed by atoms with Gasteiger partial charge in [0, 0.05) is 22.2 Å². The lowest BCUT2D eigenvalue weighted by Crippen LogP contribution is -2.12. The summed E-state index contributed by atoms with van der Waals surface area (Å²) in [5.74, 6) is 0. The van der Waals surface area contributed by atoms with Crippen LogP contribution in [0, 0.1) is 0 Å². The van der Waals surface area contributed by atoms with Crippen LogP contribution in [0.5, 0.6) is 0 Å². The van der Waals surface area contributed by atoms with Crippen molar-refractivity contribution < 1.29 is 18.0 Å². The van der Waals surface area contributed by atoms with Crippen molar-refractivity contribution in [1.29, 1.82) is 0 Å². The van der Waals surface area contributed by atoms with Crippen molar-refractivity contribution in [2.24, 2.45) is 0 Å². The van der Waals surface area contributed by atoms with Gasteiger partial charge < -0.3 is 5.32 Å². The van der Waals surface area contributed by atoms with Gasteiger partial charge >= 0.3 is 6.18 Å². The molecular weight excluding hydrogens is 266 g/mol. The number of alkyl halides is 3. The Bertz CT molecular complexity index is 383. The van der Waals surface area contributed by atoms with Gasteiger partial charge in [-0.2, -0.15) is 13.2 Å². The van der Waals surface area contributed by atoms with Crippen molar-refractivity contribution >= 4 is 29.6 Å². The first-order chi connectivity index (χ1) is 7.36. The van der Waals surface area contributed by atoms with Crippen molar-refractivity contribution in [3.63, 3.8) is 0 Å². The molecule has 1 rings (SSSR count). The average molecular weight is 272 g/mol. The van der Waals surface area contributed by atoms with Crippen LogP contribution >= 0.6 is 23.2 Å². The lowest BCUT2D eigenvalue weighted by atomic mass is 10.1. The maximum atomic E-state index is 12.3. The largest absolute Gasteiger partial charge is 0.416 e. The molecule has 0 heterocycles. The fourth-order valence-corrected chi connectivity index (χ4v) is 1.70. The maximum Gasteiger partial charge on any atom is 0.416 e. The lowest BCUT2D eigenvalue weighted by molar-refractivity contribution is -0.137. The van der Waals surface area contributed by atoms with Gasteiger partial charge in [0.15, 0.2) is 0 Å². The molecule has 7 heteroatoms. The zero-order chi connectivity index (χ0) is 12.3. The lowest BCUT2D eigenvalue weighted by Gasteiger charge is -2.11. The molecule has 1 aromatic carbocycles. The predicted molar refractivity (Wildman–Crippen MR) is 54.4 cm³/mol. The Labute approximate surface area is 99.3 Å². The molecule has 0 spiro atoms. The highest BCUT2D eigenvalue weighted by Gasteiger charge is 2.31. The molecule has 16 heavy (non-hydrogen) atoms. The second-order valence-electron chi connectivity index (χ2n) is 2.91. The number of benzene rings is 1. The van der Waals surface area contributed by atoms with Gasteiger partial charge in [-0.05, 0) is 12.1 Å². The topological polar surface area (TPSA) is 29.1 Å². The molecule has 0 aromatic heterocycles. The molecule has 1 N–H and O–H groups in total. The second-order valence-corrected chi connectivity index (χ2v) is 3.73. The zero-order valence-corrected chi connectivity index (χ0v) is 9.25. The molecule has 1 aromatic rings. The van der Waals surface area contributed by atoms with Gasteiger partial charge in [0.05, 0.1) is 5.56 Å². The molecule has 0 radical (unpaired) electrons. The molecule has 0 saturated heterocycles. The summed E-state index contributed by atoms with van der Waals surface area (Å²) in [6, 6.07) is 1.55. The number of halogens is 5. The van der Waals surface area contributed by atoms with Gasteiger partial charge in [-0.15, -0.1) is 0 Å². The van der Waals surface area contributed by atoms with Crippen LogP contribution in [0.1, 0.15) is 11.1 Å². The smallest absolute Gasteiger partial charge is 0.354 e. The molecule has 1 amide bonds. The number of carbonyl (C=O) groups is 1. The van der Waals surface area contributed by atoms with Crippen molar-refractivity contribution in [3.8, 4) is 0 Å². The Morgan fingerprint density at radius 3 is 2.12 bits per heavy atom. The van der Waals surface area contributed by atoms with E-state index in [1.165, 1.54) is 0 Å². The molecular formula is C9H6Cl2F3NO. The number of carbonyl (C=O) groups excluding carboxylic acids is 1. The Hall–Kier alpha value is -0.940. The van der Waals surface area contributed by atoms with Gasteiger partial charge in [0.1, 0.15) is 0 Å². The summed E-state index contributed by atoms with van der Waals surface area (Å²) in [5.41, 5.74) is -0.666. The van der Waals surface area contributed by atoms with Crippen LogP contribution in [-0.4, -0.2) is 6.41 Å². The average Bonchev–Trinajstić information content (AvgIpc) is 2.15. The van der Waals surface area contributed by atoms with E-state index in [1.54, 1.807) is 0 Å². The van der Waals surface area contributed by atoms with Crippen LogP contribution in [0.4, 0.5) is 13.2 Å². The Morgan fingerprint density at radius 1 is 1.25 bits per heavy atom. The summed E-state index contributed by atoms with van der Waals surface area (Å²) in [7, 11) is 0. The van der Waals surface area contributed by atoms with E-state index in [9.17, 15) is 18.0 Å². The highest BCUT2D eigenvalue weighted by atomic mass is 35.5. The van der Waals surface area contributed by atoms with E-state index in [0.717, 1.165) is 12.1 Å². The molecule has 0 saturated carbocycles. The van der Waals surface area contributed by atoms with Gasteiger partial charge in [0.25, 0.3) is 0 Å². The van der Waals surface area contributed by atoms with Crippen LogP contribution in [0.3, 0.4) is 0 Å². The van der Waals surface area contributed by atoms with Gasteiger partial charge in [-0.3, -0.25) is 4.79 Å². The second kappa shape index (κ2) is 4.93. The first-order valence-corrected chi connectivity index (χ1v) is 4.84. The molecule has 0 aliphatic rings. The molecule has 0 atom stereocenters. The molecule has 88 valence electrons. The standard InChI is InChI=1S/C9H6Cl2F3NO/c10-7-1-5(9(12,13)14)2-8(11)6(7)3-15-4-16/h1-2,4H,3H2,(H,15,16). The Kier molecular flexibility index (Phi) is 4.04. The van der Waals surface area contributed by atoms with Gasteiger partial charge in [0.2, 0.25) is 6.41 Å². The summed E-state index contributed by atoms with van der Waals surface area (Å²) in [4.78, 5) is 10.0. The quantitative estimate of drug-likeness (QED) is 0.841. The Balaban J connectivity index is 3.12. The van der Waals surface area contributed by atoms with E-state index in [2.05, 4.69) is 5.32 Å². The number of amides is 1. The molecule has 0 unspecified atom stereocenters. The summed E-state index contributed by atoms with van der Waals surface area (Å²) in [6.45, 7) is -0.0146. The first-order valence-electron chi connectivity index (χ1n) is 4.08. The summed E-state index contributed by atoms with van der Waals surface area (Å²) in [5, 5.41) is 2.01. The van der Waals surface area contributed by atoms with Gasteiger partial charge in [-0.1, -0.05) is 23.2 Å². The fraction of sp³-hybridized carbons (Fsp3) is 0.222. The summed E-state index contributed by atoms with van der Waals surface area (Å²) in [6.07, 6.45) is -4.09. The molecule has 0 bridgehead atoms. The number of hydrogen-bond donors (Lipinski definition) is 1. The van der Waals surface area contributed by atoms with Crippen molar-refractivity contribution in [2.45, 2.75) is 12.7 Å². The highest BCUT2D eigenvalue weighted by molar-refractivity contribution is 6.36. The van der Waals surface area contributed by atoms with E-state index in [-0.39, 0.29) is 22.2 Å². The van der Waals surface area contributed by atoms with Crippen molar-refractivity contribution in [2.75, 3.05) is 0 Å². The minimum atomic E-state index is -4.50. The monoisotopic (exact) mass is 271 g/mol. The maximum absolute atomic E-state index is 12.3. The molecule has 2 nitrogen and oxygen atoms in total. The third-order valence-corrected chi connectivity index (χ3v) is 2.50. The third kappa shape index (κ3) is 3.02. The minimum Gasteiger partial charge on any atom is -0.354 e. The molecule has 0 fully saturated rings. The van der Waals surface area contributed by atoms with Crippen LogP contribution in [-0.2, 0) is 17.5 Å². The van der Waals surface area contributed by atoms with Crippen LogP contribution in [0.15, 0.2) is 12.1 Å². The van der Waals surface area contributed by atoms with Crippen LogP contribution in [0.25, 0.3) is 0 Å². The van der Waals surface area contributed by atoms with E-state index >= 15 is 0 Å². The predicted octanol–water partition coefficient (Wildman–Crippen LogP) is 3.26. The van der Waals surface area contributed by atoms with Crippen molar-refractivity contribution in [1.82, 2.24) is 5.32 Å². The van der Waals surface area contributed by atoms with E-state index in [1.807, 2.05) is 0 Å². The SMILES string of the molecule is O=CNCc1c(Cl)cc(C(F)(F)F)cc1Cl. The number of nitrogens with one attached hydrogen (secondary N) is 1. The number of rotatable bonds is 3. The van der Waals surface area contributed by atoms with E-state index in [0.29, 0.717) is 6.41 Å². The Morgan fingerprint density at radius 2 is 1.75 bits per heavy atom. The van der Waals surface area contributed by atoms with Crippen LogP contribution < -0.4 is 5.32 Å². The molecule has 0 aliphatic carbocycles. The van der Waals surface area contributed by atoms with Crippen LogP contribution in [0.2, 0.25) is 10.0 Å². The zero-order valence-electron chi connectivity index (χ0n) is 7.74.